The van der Waals surface area contributed by atoms with E-state index in [9.17, 15) is 44.7 Å². The second kappa shape index (κ2) is 29.3. The Morgan fingerprint density at radius 2 is 0.738 bits per heavy atom. The standard InChI is InChI=1S/C26H43NO2.C22H33BrO2.C22H34O3.C22H34O2/c1-25(29)12-10-19-18(16-25)6-7-21-20(19)11-13-26(2)22(21)8-9-23(26)24(28)17-27-14-4-3-5-15-27;2*1-13(12-23)18-4-5-19-16-10-20(24)17-11-21(2,25)8-6-15(17)14(16)7-9-22(18,19)3;1-13(2)18-5-6-19-16-11-20(23)17-12-21(3,24)9-7-15(17)14(16)8-10-22(18,19)4/h18-23,29H,3-17H2,1-2H3;14-19,25H,1,4-12H2,2-3H3;14-19,23,25H,1,4-12H2,2-3H3;14-19,24H,1,5-12H2,2-4H3/t18-,19+,20-,21-,22+,23-,25+,26+;3*14-,15-,16-,17-,18-,19+,21+,22-/m1111/s1. The normalized spacial score (nSPS) is 52.1. The molecule has 578 valence electrons. The van der Waals surface area contributed by atoms with Crippen molar-refractivity contribution in [3.8, 4) is 0 Å². The minimum atomic E-state index is -0.649. The summed E-state index contributed by atoms with van der Waals surface area (Å²) in [5.74, 6) is 15.8. The smallest absolute Gasteiger partial charge is 0.150 e. The van der Waals surface area contributed by atoms with Crippen LogP contribution in [-0.4, -0.2) is 108 Å². The molecule has 17 aliphatic rings. The third-order valence-corrected chi connectivity index (χ3v) is 37.4. The Balaban J connectivity index is 0.000000116. The summed E-state index contributed by atoms with van der Waals surface area (Å²) in [7, 11) is 0. The fourth-order valence-corrected chi connectivity index (χ4v) is 32.2. The van der Waals surface area contributed by atoms with Crippen LogP contribution >= 0.6 is 15.9 Å². The van der Waals surface area contributed by atoms with Crippen molar-refractivity contribution in [1.29, 1.82) is 0 Å². The molecule has 10 nitrogen and oxygen atoms in total. The highest BCUT2D eigenvalue weighted by molar-refractivity contribution is 9.09. The Kier molecular flexibility index (Phi) is 22.2. The van der Waals surface area contributed by atoms with Crippen LogP contribution in [0, 0.1) is 164 Å². The van der Waals surface area contributed by atoms with E-state index in [2.05, 4.69) is 82.1 Å². The number of halogens is 1. The topological polar surface area (TPSA) is 173 Å². The predicted molar refractivity (Wildman–Crippen MR) is 415 cm³/mol. The van der Waals surface area contributed by atoms with Gasteiger partial charge in [0.1, 0.15) is 23.1 Å². The van der Waals surface area contributed by atoms with Crippen molar-refractivity contribution in [1.82, 2.24) is 4.90 Å². The summed E-state index contributed by atoms with van der Waals surface area (Å²) in [4.78, 5) is 54.7. The maximum absolute atomic E-state index is 13.4. The number of carbonyl (C=O) groups is 4. The Labute approximate surface area is 632 Å². The Bertz CT molecular complexity index is 3070. The molecule has 103 heavy (non-hydrogen) atoms. The van der Waals surface area contributed by atoms with Crippen LogP contribution in [0.5, 0.6) is 0 Å². The monoisotopic (exact) mass is 1490 g/mol. The number of alkyl halides is 1. The molecule has 11 heteroatoms. The number of piperidine rings is 1. The van der Waals surface area contributed by atoms with E-state index in [4.69, 9.17) is 0 Å². The van der Waals surface area contributed by atoms with Gasteiger partial charge in [0, 0.05) is 48.3 Å². The summed E-state index contributed by atoms with van der Waals surface area (Å²) in [6.07, 6.45) is 39.9. The summed E-state index contributed by atoms with van der Waals surface area (Å²) in [5, 5.41) is 52.5. The van der Waals surface area contributed by atoms with Crippen LogP contribution in [-0.2, 0) is 19.2 Å². The highest BCUT2D eigenvalue weighted by Gasteiger charge is 2.65. The van der Waals surface area contributed by atoms with Gasteiger partial charge in [0.2, 0.25) is 0 Å². The van der Waals surface area contributed by atoms with Gasteiger partial charge >= 0.3 is 0 Å². The number of ketones is 4. The number of allylic oxidation sites excluding steroid dienone is 2. The molecule has 1 aliphatic heterocycles. The van der Waals surface area contributed by atoms with Gasteiger partial charge in [0.15, 0.2) is 0 Å². The molecule has 0 radical (unpaired) electrons. The molecule has 16 saturated carbocycles. The molecule has 1 heterocycles. The first-order chi connectivity index (χ1) is 48.6. The van der Waals surface area contributed by atoms with Gasteiger partial charge in [-0.05, 0) is 399 Å². The van der Waals surface area contributed by atoms with Crippen LogP contribution < -0.4 is 0 Å². The lowest BCUT2D eigenvalue weighted by molar-refractivity contribution is -0.149. The molecule has 17 rings (SSSR count). The van der Waals surface area contributed by atoms with Gasteiger partial charge in [0.25, 0.3) is 0 Å². The molecule has 0 aromatic heterocycles. The number of hydrogen-bond donors (Lipinski definition) is 5. The van der Waals surface area contributed by atoms with Crippen molar-refractivity contribution >= 4 is 39.1 Å². The fourth-order valence-electron chi connectivity index (χ4n) is 31.8. The zero-order valence-corrected chi connectivity index (χ0v) is 67.7. The molecular weight excluding hydrogens is 1340 g/mol. The first-order valence-electron chi connectivity index (χ1n) is 43.5. The van der Waals surface area contributed by atoms with Crippen molar-refractivity contribution < 1.29 is 44.7 Å². The van der Waals surface area contributed by atoms with E-state index in [1.165, 1.54) is 140 Å². The molecule has 0 amide bonds. The van der Waals surface area contributed by atoms with E-state index >= 15 is 0 Å². The van der Waals surface area contributed by atoms with Crippen LogP contribution in [0.15, 0.2) is 36.5 Å². The molecular formula is C92H144BrNO9. The number of hydrogen-bond acceptors (Lipinski definition) is 10. The highest BCUT2D eigenvalue weighted by Crippen LogP contribution is 2.70. The predicted octanol–water partition coefficient (Wildman–Crippen LogP) is 18.7. The maximum atomic E-state index is 13.4. The third-order valence-electron chi connectivity index (χ3n) is 36.7. The number of Topliss-reactive ketones (excluding diaryl/α,β-unsaturated/α-hetero) is 4. The van der Waals surface area contributed by atoms with Gasteiger partial charge in [-0.25, -0.2) is 0 Å². The van der Waals surface area contributed by atoms with Gasteiger partial charge in [0.05, 0.1) is 35.6 Å². The number of carbonyl (C=O) groups excluding carboxylic acids is 4. The molecule has 17 fully saturated rings. The lowest BCUT2D eigenvalue weighted by atomic mass is 9.48. The zero-order valence-electron chi connectivity index (χ0n) is 66.2. The minimum Gasteiger partial charge on any atom is -0.392 e. The molecule has 0 unspecified atom stereocenters. The number of likely N-dealkylation sites (tertiary alicyclic amines) is 1. The summed E-state index contributed by atoms with van der Waals surface area (Å²) in [5.41, 5.74) is 2.60. The van der Waals surface area contributed by atoms with Gasteiger partial charge in [-0.2, -0.15) is 0 Å². The largest absolute Gasteiger partial charge is 0.392 e. The van der Waals surface area contributed by atoms with Gasteiger partial charge in [-0.15, -0.1) is 0 Å². The number of aliphatic hydroxyl groups excluding tert-OH is 1. The molecule has 0 bridgehead atoms. The second-order valence-electron chi connectivity index (χ2n) is 42.5. The Morgan fingerprint density at radius 3 is 1.15 bits per heavy atom. The summed E-state index contributed by atoms with van der Waals surface area (Å²) in [6, 6.07) is 0. The lowest BCUT2D eigenvalue weighted by Gasteiger charge is -2.57. The maximum Gasteiger partial charge on any atom is 0.150 e. The van der Waals surface area contributed by atoms with Crippen LogP contribution in [0.2, 0.25) is 0 Å². The molecule has 32 atom stereocenters. The van der Waals surface area contributed by atoms with E-state index in [-0.39, 0.29) is 35.2 Å². The average molecular weight is 1490 g/mol. The van der Waals surface area contributed by atoms with Gasteiger partial charge in [-0.1, -0.05) is 80.9 Å². The number of nitrogens with zero attached hydrogens (tertiary/aromatic N) is 1. The van der Waals surface area contributed by atoms with Gasteiger partial charge < -0.3 is 25.5 Å². The van der Waals surface area contributed by atoms with Gasteiger partial charge in [-0.3, -0.25) is 24.1 Å². The first kappa shape index (κ1) is 77.9. The molecule has 0 aromatic carbocycles. The quantitative estimate of drug-likeness (QED) is 0.116. The SMILES string of the molecule is C=C(C)[C@H]1CC[C@H]2[C@@H]3CC(=O)[C@@H]4C[C@@](C)(O)CC[C@@H]4[C@H]3CC[C@]12C.C=C(CBr)[C@H]1CC[C@H]2[C@@H]3CC(=O)[C@@H]4C[C@@](C)(O)CC[C@@H]4[C@H]3CC[C@]12C.C=C(CO)[C@H]1CC[C@H]2[C@@H]3CC(=O)[C@@H]4C[C@@](C)(O)CC[C@@H]4[C@H]3CC[C@]12C.C[C@]1(O)CC[C@H]2[C@H](CC[C@@H]3[C@@H]2CC[C@]2(C)[C@@H](C(=O)CN4CCCCC4)CC[C@@H]32)C1. The average Bonchev–Trinajstić information content (AvgIpc) is 1.69. The van der Waals surface area contributed by atoms with Crippen LogP contribution in [0.1, 0.15) is 293 Å². The fraction of sp³-hybridized carbons (Fsp3) is 0.891. The highest BCUT2D eigenvalue weighted by atomic mass is 79.9. The minimum absolute atomic E-state index is 0.0963. The van der Waals surface area contributed by atoms with Crippen molar-refractivity contribution in [2.24, 2.45) is 164 Å². The molecule has 0 aromatic rings. The first-order valence-corrected chi connectivity index (χ1v) is 44.7. The number of fused-ring (bicyclic) bond motifs is 20. The van der Waals surface area contributed by atoms with E-state index < -0.39 is 22.4 Å². The summed E-state index contributed by atoms with van der Waals surface area (Å²) >= 11 is 3.62. The van der Waals surface area contributed by atoms with Crippen molar-refractivity contribution in [3.05, 3.63) is 36.5 Å². The molecule has 16 aliphatic carbocycles. The molecule has 5 N–H and O–H groups in total. The Morgan fingerprint density at radius 1 is 0.398 bits per heavy atom. The zero-order chi connectivity index (χ0) is 73.5. The molecule has 0 spiro atoms. The van der Waals surface area contributed by atoms with Crippen molar-refractivity contribution in [2.75, 3.05) is 31.6 Å². The second-order valence-corrected chi connectivity index (χ2v) is 43.0. The number of rotatable bonds is 8. The molecule has 1 saturated heterocycles. The summed E-state index contributed by atoms with van der Waals surface area (Å²) < 4.78 is 0. The van der Waals surface area contributed by atoms with Crippen molar-refractivity contribution in [3.63, 3.8) is 0 Å². The van der Waals surface area contributed by atoms with E-state index in [0.717, 1.165) is 150 Å². The van der Waals surface area contributed by atoms with Crippen LogP contribution in [0.25, 0.3) is 0 Å². The van der Waals surface area contributed by atoms with E-state index in [0.29, 0.717) is 142 Å². The summed E-state index contributed by atoms with van der Waals surface area (Å²) in [6.45, 7) is 35.8. The van der Waals surface area contributed by atoms with Crippen LogP contribution in [0.4, 0.5) is 0 Å². The van der Waals surface area contributed by atoms with E-state index in [1.54, 1.807) is 0 Å². The third kappa shape index (κ3) is 14.4. The lowest BCUT2D eigenvalue weighted by Crippen LogP contribution is -2.53. The Hall–Kier alpha value is -1.86. The van der Waals surface area contributed by atoms with E-state index in [1.807, 2.05) is 20.8 Å². The number of aliphatic hydroxyl groups is 5. The van der Waals surface area contributed by atoms with Crippen LogP contribution in [0.3, 0.4) is 0 Å². The van der Waals surface area contributed by atoms with Crippen molar-refractivity contribution in [2.45, 2.75) is 316 Å².